The molecule has 7 nitrogen and oxygen atoms in total. The molecule has 1 aromatic carbocycles. The molecule has 3 heterocycles. The molecule has 1 N–H and O–H groups in total. The molecule has 0 radical (unpaired) electrons. The van der Waals surface area contributed by atoms with Crippen LogP contribution in [0.4, 0.5) is 0 Å². The summed E-state index contributed by atoms with van der Waals surface area (Å²) in [6.07, 6.45) is 1.81. The van der Waals surface area contributed by atoms with Gasteiger partial charge in [0, 0.05) is 0 Å². The molecular formula is C13H9N7S. The first-order valence-corrected chi connectivity index (χ1v) is 7.04. The summed E-state index contributed by atoms with van der Waals surface area (Å²) >= 11 is 1.43. The first-order chi connectivity index (χ1) is 10.4. The summed E-state index contributed by atoms with van der Waals surface area (Å²) in [5.41, 5.74) is 2.69. The minimum absolute atomic E-state index is 0.615. The van der Waals surface area contributed by atoms with E-state index in [0.717, 1.165) is 21.4 Å². The minimum atomic E-state index is 0.615. The second kappa shape index (κ2) is 4.98. The third kappa shape index (κ3) is 2.36. The molecule has 0 amide bonds. The standard InChI is InChI=1S/C13H9N7S/c1-2-4-9(5-3-1)10-8-14-13(15-10)21-12-7-6-11-16-18-19-20(11)17-12/h1-8H,(H,14,15). The van der Waals surface area contributed by atoms with Gasteiger partial charge in [-0.15, -0.1) is 14.8 Å². The Labute approximate surface area is 123 Å². The predicted octanol–water partition coefficient (Wildman–Crippen LogP) is 2.06. The molecule has 0 aliphatic rings. The number of H-pyrrole nitrogens is 1. The fraction of sp³-hybridized carbons (Fsp3) is 0. The number of hydrogen-bond donors (Lipinski definition) is 1. The van der Waals surface area contributed by atoms with Crippen LogP contribution in [0, 0.1) is 0 Å². The van der Waals surface area contributed by atoms with Crippen molar-refractivity contribution in [3.8, 4) is 11.3 Å². The number of hydrogen-bond acceptors (Lipinski definition) is 6. The van der Waals surface area contributed by atoms with Gasteiger partial charge in [-0.25, -0.2) is 4.98 Å². The lowest BCUT2D eigenvalue weighted by Gasteiger charge is -1.97. The number of nitrogens with one attached hydrogen (secondary N) is 1. The zero-order chi connectivity index (χ0) is 14.1. The lowest BCUT2D eigenvalue weighted by atomic mass is 10.2. The van der Waals surface area contributed by atoms with Gasteiger partial charge in [0.05, 0.1) is 11.9 Å². The average Bonchev–Trinajstić information content (AvgIpc) is 3.17. The van der Waals surface area contributed by atoms with Gasteiger partial charge < -0.3 is 4.98 Å². The van der Waals surface area contributed by atoms with Gasteiger partial charge in [-0.05, 0) is 39.9 Å². The summed E-state index contributed by atoms with van der Waals surface area (Å²) in [7, 11) is 0. The third-order valence-corrected chi connectivity index (χ3v) is 3.71. The van der Waals surface area contributed by atoms with Crippen molar-refractivity contribution >= 4 is 17.4 Å². The number of aromatic nitrogens is 7. The van der Waals surface area contributed by atoms with Gasteiger partial charge >= 0.3 is 0 Å². The number of imidazole rings is 1. The quantitative estimate of drug-likeness (QED) is 0.622. The van der Waals surface area contributed by atoms with Crippen LogP contribution in [0.1, 0.15) is 0 Å². The van der Waals surface area contributed by atoms with Gasteiger partial charge in [0.2, 0.25) is 0 Å². The molecule has 0 saturated heterocycles. The molecule has 21 heavy (non-hydrogen) atoms. The summed E-state index contributed by atoms with van der Waals surface area (Å²) in [4.78, 5) is 7.63. The molecule has 3 aromatic heterocycles. The van der Waals surface area contributed by atoms with Crippen LogP contribution >= 0.6 is 11.8 Å². The molecule has 0 unspecified atom stereocenters. The van der Waals surface area contributed by atoms with Crippen molar-refractivity contribution in [3.05, 3.63) is 48.7 Å². The topological polar surface area (TPSA) is 84.7 Å². The second-order valence-corrected chi connectivity index (χ2v) is 5.28. The van der Waals surface area contributed by atoms with Crippen molar-refractivity contribution in [1.82, 2.24) is 35.2 Å². The van der Waals surface area contributed by atoms with Crippen molar-refractivity contribution in [3.63, 3.8) is 0 Å². The van der Waals surface area contributed by atoms with Crippen LogP contribution in [-0.4, -0.2) is 35.2 Å². The van der Waals surface area contributed by atoms with E-state index in [1.54, 1.807) is 0 Å². The second-order valence-electron chi connectivity index (χ2n) is 4.27. The van der Waals surface area contributed by atoms with Crippen LogP contribution in [0.2, 0.25) is 0 Å². The number of tetrazole rings is 1. The van der Waals surface area contributed by atoms with Gasteiger partial charge in [0.1, 0.15) is 5.03 Å². The van der Waals surface area contributed by atoms with Crippen molar-refractivity contribution in [2.45, 2.75) is 10.2 Å². The van der Waals surface area contributed by atoms with Gasteiger partial charge in [0.25, 0.3) is 0 Å². The maximum absolute atomic E-state index is 4.36. The smallest absolute Gasteiger partial charge is 0.200 e. The highest BCUT2D eigenvalue weighted by atomic mass is 32.2. The number of fused-ring (bicyclic) bond motifs is 1. The molecule has 102 valence electrons. The van der Waals surface area contributed by atoms with Crippen LogP contribution in [-0.2, 0) is 0 Å². The van der Waals surface area contributed by atoms with Crippen LogP contribution in [0.25, 0.3) is 16.9 Å². The first-order valence-electron chi connectivity index (χ1n) is 6.22. The van der Waals surface area contributed by atoms with E-state index in [2.05, 4.69) is 30.6 Å². The molecule has 0 aliphatic carbocycles. The molecule has 4 aromatic rings. The van der Waals surface area contributed by atoms with E-state index in [1.807, 2.05) is 48.7 Å². The molecule has 0 spiro atoms. The number of nitrogens with zero attached hydrogens (tertiary/aromatic N) is 6. The molecule has 0 saturated carbocycles. The monoisotopic (exact) mass is 295 g/mol. The van der Waals surface area contributed by atoms with E-state index in [-0.39, 0.29) is 0 Å². The van der Waals surface area contributed by atoms with Crippen LogP contribution in [0.5, 0.6) is 0 Å². The Bertz CT molecular complexity index is 884. The summed E-state index contributed by atoms with van der Waals surface area (Å²) in [6, 6.07) is 13.7. The lowest BCUT2D eigenvalue weighted by Crippen LogP contribution is -1.95. The zero-order valence-electron chi connectivity index (χ0n) is 10.7. The molecule has 0 atom stereocenters. The van der Waals surface area contributed by atoms with E-state index >= 15 is 0 Å². The Morgan fingerprint density at radius 1 is 1.05 bits per heavy atom. The molecule has 0 fully saturated rings. The maximum atomic E-state index is 4.36. The summed E-state index contributed by atoms with van der Waals surface area (Å²) in [5, 5.41) is 17.0. The van der Waals surface area contributed by atoms with Crippen molar-refractivity contribution in [2.75, 3.05) is 0 Å². The molecule has 8 heteroatoms. The van der Waals surface area contributed by atoms with Gasteiger partial charge in [0.15, 0.2) is 10.8 Å². The Morgan fingerprint density at radius 3 is 2.86 bits per heavy atom. The molecule has 0 bridgehead atoms. The van der Waals surface area contributed by atoms with Crippen LogP contribution in [0.3, 0.4) is 0 Å². The molecule has 0 aliphatic heterocycles. The van der Waals surface area contributed by atoms with E-state index in [1.165, 1.54) is 16.4 Å². The van der Waals surface area contributed by atoms with Crippen molar-refractivity contribution < 1.29 is 0 Å². The Morgan fingerprint density at radius 2 is 1.95 bits per heavy atom. The van der Waals surface area contributed by atoms with Crippen LogP contribution < -0.4 is 0 Å². The van der Waals surface area contributed by atoms with E-state index in [0.29, 0.717) is 5.65 Å². The Kier molecular flexibility index (Phi) is 2.86. The van der Waals surface area contributed by atoms with Crippen molar-refractivity contribution in [1.29, 1.82) is 0 Å². The number of rotatable bonds is 3. The van der Waals surface area contributed by atoms with Gasteiger partial charge in [-0.2, -0.15) is 0 Å². The molecule has 4 rings (SSSR count). The van der Waals surface area contributed by atoms with E-state index < -0.39 is 0 Å². The maximum Gasteiger partial charge on any atom is 0.200 e. The molecular weight excluding hydrogens is 286 g/mol. The van der Waals surface area contributed by atoms with Crippen LogP contribution in [0.15, 0.2) is 58.8 Å². The fourth-order valence-corrected chi connectivity index (χ4v) is 2.62. The van der Waals surface area contributed by atoms with Gasteiger partial charge in [-0.3, -0.25) is 0 Å². The number of aromatic amines is 1. The highest BCUT2D eigenvalue weighted by molar-refractivity contribution is 7.99. The summed E-state index contributed by atoms with van der Waals surface area (Å²) in [6.45, 7) is 0. The largest absolute Gasteiger partial charge is 0.333 e. The fourth-order valence-electron chi connectivity index (χ4n) is 1.91. The van der Waals surface area contributed by atoms with Crippen molar-refractivity contribution in [2.24, 2.45) is 0 Å². The third-order valence-electron chi connectivity index (χ3n) is 2.88. The normalized spacial score (nSPS) is 11.0. The zero-order valence-corrected chi connectivity index (χ0v) is 11.5. The summed E-state index contributed by atoms with van der Waals surface area (Å²) < 4.78 is 1.39. The minimum Gasteiger partial charge on any atom is -0.333 e. The van der Waals surface area contributed by atoms with E-state index in [9.17, 15) is 0 Å². The van der Waals surface area contributed by atoms with Gasteiger partial charge in [-0.1, -0.05) is 30.3 Å². The average molecular weight is 295 g/mol. The Balaban J connectivity index is 1.61. The highest BCUT2D eigenvalue weighted by Gasteiger charge is 2.07. The first kappa shape index (κ1) is 12.0. The lowest BCUT2D eigenvalue weighted by molar-refractivity contribution is 0.702. The SMILES string of the molecule is c1ccc(-c2cnc(Sc3ccc4nnnn4n3)[nH]2)cc1. The Hall–Kier alpha value is -2.74. The number of benzene rings is 1. The summed E-state index contributed by atoms with van der Waals surface area (Å²) in [5.74, 6) is 0. The van der Waals surface area contributed by atoms with E-state index in [4.69, 9.17) is 0 Å². The highest BCUT2D eigenvalue weighted by Crippen LogP contribution is 2.25. The predicted molar refractivity (Wildman–Crippen MR) is 76.7 cm³/mol.